The number of benzene rings is 2. The molecule has 0 aliphatic carbocycles. The number of nitrogens with zero attached hydrogens (tertiary/aromatic N) is 2. The summed E-state index contributed by atoms with van der Waals surface area (Å²) in [4.78, 5) is 6.95. The normalized spacial score (nSPS) is 17.0. The summed E-state index contributed by atoms with van der Waals surface area (Å²) < 4.78 is 10.8. The van der Waals surface area contributed by atoms with E-state index in [-0.39, 0.29) is 0 Å². The minimum absolute atomic E-state index is 0.643. The van der Waals surface area contributed by atoms with Gasteiger partial charge in [-0.3, -0.25) is 4.99 Å². The van der Waals surface area contributed by atoms with Crippen LogP contribution in [0.15, 0.2) is 59.6 Å². The summed E-state index contributed by atoms with van der Waals surface area (Å²) in [5.74, 6) is 2.28. The summed E-state index contributed by atoms with van der Waals surface area (Å²) in [7, 11) is 3.51. The molecule has 31 heavy (non-hydrogen) atoms. The predicted octanol–water partition coefficient (Wildman–Crippen LogP) is 3.65. The van der Waals surface area contributed by atoms with Crippen molar-refractivity contribution in [2.75, 3.05) is 58.9 Å². The molecule has 2 aromatic rings. The first-order valence-electron chi connectivity index (χ1n) is 11.2. The fourth-order valence-corrected chi connectivity index (χ4v) is 3.83. The fraction of sp³-hybridized carbons (Fsp3) is 0.480. The van der Waals surface area contributed by atoms with E-state index in [1.165, 1.54) is 18.5 Å². The molecule has 2 N–H and O–H groups in total. The Labute approximate surface area is 186 Å². The molecular weight excluding hydrogens is 388 g/mol. The Hall–Kier alpha value is -2.57. The topological polar surface area (TPSA) is 58.1 Å². The molecule has 1 aliphatic rings. The molecular formula is C25H36N4O2. The van der Waals surface area contributed by atoms with Gasteiger partial charge in [0.1, 0.15) is 5.75 Å². The van der Waals surface area contributed by atoms with E-state index in [0.717, 1.165) is 49.9 Å². The van der Waals surface area contributed by atoms with Gasteiger partial charge in [-0.2, -0.15) is 0 Å². The number of aliphatic imine (C=N–C) groups is 1. The summed E-state index contributed by atoms with van der Waals surface area (Å²) in [6.07, 6.45) is 3.22. The minimum atomic E-state index is 0.643. The van der Waals surface area contributed by atoms with Crippen molar-refractivity contribution in [3.05, 3.63) is 60.2 Å². The highest BCUT2D eigenvalue weighted by atomic mass is 16.5. The molecule has 0 spiro atoms. The maximum atomic E-state index is 5.79. The number of likely N-dealkylation sites (tertiary alicyclic amines) is 1. The molecule has 1 fully saturated rings. The Morgan fingerprint density at radius 1 is 1.13 bits per heavy atom. The van der Waals surface area contributed by atoms with Gasteiger partial charge in [0.15, 0.2) is 5.96 Å². The van der Waals surface area contributed by atoms with Gasteiger partial charge in [0.2, 0.25) is 0 Å². The molecule has 3 rings (SSSR count). The lowest BCUT2D eigenvalue weighted by atomic mass is 10.1. The van der Waals surface area contributed by atoms with E-state index < -0.39 is 0 Å². The lowest BCUT2D eigenvalue weighted by Crippen LogP contribution is -2.35. The second-order valence-corrected chi connectivity index (χ2v) is 7.99. The van der Waals surface area contributed by atoms with Crippen LogP contribution < -0.4 is 15.4 Å². The van der Waals surface area contributed by atoms with Crippen LogP contribution in [-0.4, -0.2) is 64.4 Å². The maximum absolute atomic E-state index is 5.79. The molecule has 1 heterocycles. The Morgan fingerprint density at radius 2 is 2.00 bits per heavy atom. The van der Waals surface area contributed by atoms with E-state index in [0.29, 0.717) is 19.1 Å². The quantitative estimate of drug-likeness (QED) is 0.328. The van der Waals surface area contributed by atoms with Crippen LogP contribution in [0.25, 0.3) is 0 Å². The Morgan fingerprint density at radius 3 is 2.81 bits per heavy atom. The zero-order valence-corrected chi connectivity index (χ0v) is 18.8. The molecule has 6 nitrogen and oxygen atoms in total. The van der Waals surface area contributed by atoms with Gasteiger partial charge in [0.05, 0.1) is 6.61 Å². The largest absolute Gasteiger partial charge is 0.493 e. The summed E-state index contributed by atoms with van der Waals surface area (Å²) >= 11 is 0. The van der Waals surface area contributed by atoms with Crippen molar-refractivity contribution in [1.29, 1.82) is 0 Å². The van der Waals surface area contributed by atoms with Crippen molar-refractivity contribution >= 4 is 11.6 Å². The van der Waals surface area contributed by atoms with Gasteiger partial charge in [0.25, 0.3) is 0 Å². The molecule has 1 aliphatic heterocycles. The second-order valence-electron chi connectivity index (χ2n) is 7.99. The fourth-order valence-electron chi connectivity index (χ4n) is 3.83. The molecule has 0 amide bonds. The van der Waals surface area contributed by atoms with E-state index in [4.69, 9.17) is 9.47 Å². The molecule has 0 aromatic heterocycles. The molecule has 6 heteroatoms. The number of hydrogen-bond acceptors (Lipinski definition) is 4. The van der Waals surface area contributed by atoms with Crippen molar-refractivity contribution in [2.45, 2.75) is 19.3 Å². The van der Waals surface area contributed by atoms with E-state index in [9.17, 15) is 0 Å². The van der Waals surface area contributed by atoms with Crippen molar-refractivity contribution in [2.24, 2.45) is 10.9 Å². The first-order chi connectivity index (χ1) is 15.3. The van der Waals surface area contributed by atoms with Gasteiger partial charge in [-0.1, -0.05) is 36.4 Å². The smallest absolute Gasteiger partial charge is 0.195 e. The number of anilines is 1. The molecule has 0 bridgehead atoms. The zero-order valence-electron chi connectivity index (χ0n) is 18.8. The number of hydrogen-bond donors (Lipinski definition) is 2. The van der Waals surface area contributed by atoms with E-state index in [1.807, 2.05) is 24.3 Å². The van der Waals surface area contributed by atoms with Crippen molar-refractivity contribution in [1.82, 2.24) is 10.2 Å². The number of guanidine groups is 1. The van der Waals surface area contributed by atoms with Crippen LogP contribution in [0.3, 0.4) is 0 Å². The summed E-state index contributed by atoms with van der Waals surface area (Å²) in [6.45, 7) is 5.72. The minimum Gasteiger partial charge on any atom is -0.493 e. The SMILES string of the molecule is CN=C(NCC1CCN(CCc2ccccc2)C1)Nc1cccc(OCCCOC)c1. The van der Waals surface area contributed by atoms with Gasteiger partial charge >= 0.3 is 0 Å². The third kappa shape index (κ3) is 8.23. The van der Waals surface area contributed by atoms with Gasteiger partial charge in [0, 0.05) is 58.6 Å². The second kappa shape index (κ2) is 13.0. The molecule has 0 saturated carbocycles. The van der Waals surface area contributed by atoms with Gasteiger partial charge < -0.3 is 25.0 Å². The van der Waals surface area contributed by atoms with Crippen LogP contribution in [0.5, 0.6) is 5.75 Å². The summed E-state index contributed by atoms with van der Waals surface area (Å²) in [6, 6.07) is 18.7. The highest BCUT2D eigenvalue weighted by Gasteiger charge is 2.22. The first-order valence-corrected chi connectivity index (χ1v) is 11.2. The molecule has 1 unspecified atom stereocenters. The van der Waals surface area contributed by atoms with E-state index >= 15 is 0 Å². The molecule has 168 valence electrons. The van der Waals surface area contributed by atoms with Gasteiger partial charge in [-0.15, -0.1) is 0 Å². The van der Waals surface area contributed by atoms with E-state index in [1.54, 1.807) is 14.2 Å². The van der Waals surface area contributed by atoms with Crippen LogP contribution in [0.1, 0.15) is 18.4 Å². The van der Waals surface area contributed by atoms with E-state index in [2.05, 4.69) is 50.9 Å². The standard InChI is InChI=1S/C25H36N4O2/c1-26-25(28-23-10-6-11-24(18-23)31-17-7-16-30-2)27-19-22-13-15-29(20-22)14-12-21-8-4-3-5-9-21/h3-6,8-11,18,22H,7,12-17,19-20H2,1-2H3,(H2,26,27,28). The summed E-state index contributed by atoms with van der Waals surface area (Å²) in [5, 5.41) is 6.86. The number of methoxy groups -OCH3 is 1. The Kier molecular flexibility index (Phi) is 9.67. The van der Waals surface area contributed by atoms with Crippen LogP contribution in [0.2, 0.25) is 0 Å². The van der Waals surface area contributed by atoms with Gasteiger partial charge in [-0.05, 0) is 43.0 Å². The van der Waals surface area contributed by atoms with Crippen molar-refractivity contribution in [3.8, 4) is 5.75 Å². The van der Waals surface area contributed by atoms with Crippen LogP contribution in [0, 0.1) is 5.92 Å². The third-order valence-electron chi connectivity index (χ3n) is 5.57. The van der Waals surface area contributed by atoms with Crippen molar-refractivity contribution in [3.63, 3.8) is 0 Å². The molecule has 2 aromatic carbocycles. The molecule has 1 atom stereocenters. The van der Waals surface area contributed by atoms with Gasteiger partial charge in [-0.25, -0.2) is 0 Å². The molecule has 1 saturated heterocycles. The maximum Gasteiger partial charge on any atom is 0.195 e. The molecule has 0 radical (unpaired) electrons. The Balaban J connectivity index is 1.38. The number of nitrogens with one attached hydrogen (secondary N) is 2. The van der Waals surface area contributed by atoms with Crippen LogP contribution in [0.4, 0.5) is 5.69 Å². The average molecular weight is 425 g/mol. The predicted molar refractivity (Wildman–Crippen MR) is 128 cm³/mol. The summed E-state index contributed by atoms with van der Waals surface area (Å²) in [5.41, 5.74) is 2.38. The Bertz CT molecular complexity index is 797. The van der Waals surface area contributed by atoms with Crippen LogP contribution in [-0.2, 0) is 11.2 Å². The highest BCUT2D eigenvalue weighted by Crippen LogP contribution is 2.18. The monoisotopic (exact) mass is 424 g/mol. The highest BCUT2D eigenvalue weighted by molar-refractivity contribution is 5.93. The zero-order chi connectivity index (χ0) is 21.7. The first kappa shape index (κ1) is 23.1. The average Bonchev–Trinajstić information content (AvgIpc) is 3.27. The van der Waals surface area contributed by atoms with Crippen LogP contribution >= 0.6 is 0 Å². The number of rotatable bonds is 11. The van der Waals surface area contributed by atoms with Crippen molar-refractivity contribution < 1.29 is 9.47 Å². The third-order valence-corrected chi connectivity index (χ3v) is 5.57. The lowest BCUT2D eigenvalue weighted by Gasteiger charge is -2.18. The number of ether oxygens (including phenoxy) is 2. The lowest BCUT2D eigenvalue weighted by molar-refractivity contribution is 0.172.